The second kappa shape index (κ2) is 8.55. The fourth-order valence-corrected chi connectivity index (χ4v) is 4.06. The highest BCUT2D eigenvalue weighted by Crippen LogP contribution is 2.34. The van der Waals surface area contributed by atoms with Gasteiger partial charge in [0.15, 0.2) is 0 Å². The lowest BCUT2D eigenvalue weighted by atomic mass is 9.94. The van der Waals surface area contributed by atoms with Crippen molar-refractivity contribution in [3.05, 3.63) is 78.2 Å². The molecule has 0 aliphatic rings. The fraction of sp³-hybridized carbons (Fsp3) is 0.261. The van der Waals surface area contributed by atoms with Crippen molar-refractivity contribution < 1.29 is 9.08 Å². The normalized spacial score (nSPS) is 14.0. The number of benzene rings is 1. The summed E-state index contributed by atoms with van der Waals surface area (Å²) < 4.78 is 21.4. The summed E-state index contributed by atoms with van der Waals surface area (Å²) >= 11 is -1.26. The van der Waals surface area contributed by atoms with Crippen molar-refractivity contribution in [1.29, 1.82) is 0 Å². The lowest BCUT2D eigenvalue weighted by Gasteiger charge is -2.29. The van der Waals surface area contributed by atoms with Crippen LogP contribution in [0.25, 0.3) is 22.4 Å². The van der Waals surface area contributed by atoms with Crippen molar-refractivity contribution in [1.82, 2.24) is 19.8 Å². The Labute approximate surface area is 179 Å². The number of aromatic nitrogens is 3. The zero-order valence-electron chi connectivity index (χ0n) is 17.2. The van der Waals surface area contributed by atoms with Crippen molar-refractivity contribution >= 4 is 22.5 Å². The number of fused-ring (bicyclic) bond motifs is 1. The van der Waals surface area contributed by atoms with E-state index in [4.69, 9.17) is 4.52 Å². The maximum Gasteiger partial charge on any atom is 0.258 e. The van der Waals surface area contributed by atoms with Crippen LogP contribution in [0.1, 0.15) is 38.1 Å². The molecule has 0 aliphatic carbocycles. The van der Waals surface area contributed by atoms with E-state index in [2.05, 4.69) is 19.8 Å². The second-order valence-electron chi connectivity index (χ2n) is 8.05. The Kier molecular flexibility index (Phi) is 5.85. The number of hydrogen-bond donors (Lipinski definition) is 1. The van der Waals surface area contributed by atoms with E-state index in [-0.39, 0.29) is 6.04 Å². The van der Waals surface area contributed by atoms with Crippen LogP contribution in [-0.4, -0.2) is 24.4 Å². The molecule has 3 heterocycles. The van der Waals surface area contributed by atoms with Crippen LogP contribution in [0.15, 0.2) is 71.5 Å². The molecular weight excluding hydrogens is 396 g/mol. The van der Waals surface area contributed by atoms with Gasteiger partial charge in [0, 0.05) is 41.4 Å². The van der Waals surface area contributed by atoms with E-state index in [1.54, 1.807) is 12.4 Å². The maximum absolute atomic E-state index is 13.0. The van der Waals surface area contributed by atoms with Gasteiger partial charge in [-0.2, -0.15) is 0 Å². The van der Waals surface area contributed by atoms with Crippen molar-refractivity contribution in [3.63, 3.8) is 0 Å². The highest BCUT2D eigenvalue weighted by atomic mass is 32.2. The minimum absolute atomic E-state index is 0.223. The maximum atomic E-state index is 13.0. The predicted molar refractivity (Wildman–Crippen MR) is 119 cm³/mol. The average molecular weight is 421 g/mol. The molecule has 0 bridgehead atoms. The summed E-state index contributed by atoms with van der Waals surface area (Å²) in [6, 6.07) is 17.4. The van der Waals surface area contributed by atoms with Crippen LogP contribution in [0.3, 0.4) is 0 Å². The molecule has 0 saturated carbocycles. The van der Waals surface area contributed by atoms with Gasteiger partial charge in [-0.25, -0.2) is 4.98 Å². The third-order valence-corrected chi connectivity index (χ3v) is 6.40. The van der Waals surface area contributed by atoms with E-state index >= 15 is 0 Å². The van der Waals surface area contributed by atoms with Gasteiger partial charge < -0.3 is 9.08 Å². The molecular formula is C23H24N4O2S. The molecule has 0 aliphatic heterocycles. The standard InChI is InChI=1S/C23H24N4O2S/c1-23(2,3)30(28)27-20(15-16-9-6-7-13-24-16)17-10-4-5-11-18(17)21-19-12-8-14-25-22(19)29-26-21/h4-14,20,27H,15H2,1-3H3/t20-,30-/m0/s1. The summed E-state index contributed by atoms with van der Waals surface area (Å²) in [5.74, 6) is 0. The molecule has 3 aromatic heterocycles. The minimum atomic E-state index is -1.26. The molecule has 0 spiro atoms. The Morgan fingerprint density at radius 1 is 1.00 bits per heavy atom. The zero-order valence-corrected chi connectivity index (χ0v) is 18.0. The van der Waals surface area contributed by atoms with Crippen molar-refractivity contribution in [2.45, 2.75) is 38.0 Å². The van der Waals surface area contributed by atoms with Gasteiger partial charge in [0.2, 0.25) is 0 Å². The summed E-state index contributed by atoms with van der Waals surface area (Å²) in [6.07, 6.45) is 4.05. The van der Waals surface area contributed by atoms with E-state index in [0.29, 0.717) is 12.1 Å². The highest BCUT2D eigenvalue weighted by Gasteiger charge is 2.31. The zero-order chi connectivity index (χ0) is 21.1. The monoisotopic (exact) mass is 420 g/mol. The molecule has 154 valence electrons. The second-order valence-corrected chi connectivity index (χ2v) is 10.0. The van der Waals surface area contributed by atoms with Crippen molar-refractivity contribution in [2.24, 2.45) is 0 Å². The molecule has 6 nitrogen and oxygen atoms in total. The Morgan fingerprint density at radius 3 is 2.53 bits per heavy atom. The van der Waals surface area contributed by atoms with E-state index in [1.807, 2.05) is 75.4 Å². The summed E-state index contributed by atoms with van der Waals surface area (Å²) in [5, 5.41) is 5.13. The molecule has 30 heavy (non-hydrogen) atoms. The van der Waals surface area contributed by atoms with Crippen LogP contribution in [0.4, 0.5) is 0 Å². The van der Waals surface area contributed by atoms with Crippen LogP contribution >= 0.6 is 0 Å². The molecule has 0 unspecified atom stereocenters. The molecule has 4 aromatic rings. The quantitative estimate of drug-likeness (QED) is 0.458. The first-order valence-electron chi connectivity index (χ1n) is 9.81. The largest absolute Gasteiger partial charge is 0.598 e. The van der Waals surface area contributed by atoms with Gasteiger partial charge in [0.25, 0.3) is 5.71 Å². The third-order valence-electron chi connectivity index (χ3n) is 4.79. The lowest BCUT2D eigenvalue weighted by Crippen LogP contribution is -2.42. The van der Waals surface area contributed by atoms with Crippen LogP contribution in [0.2, 0.25) is 0 Å². The van der Waals surface area contributed by atoms with Crippen LogP contribution in [0, 0.1) is 0 Å². The Bertz CT molecular complexity index is 1120. The molecule has 0 saturated heterocycles. The molecule has 7 heteroatoms. The number of pyridine rings is 2. The minimum Gasteiger partial charge on any atom is -0.598 e. The van der Waals surface area contributed by atoms with E-state index in [9.17, 15) is 4.55 Å². The van der Waals surface area contributed by atoms with Gasteiger partial charge in [-0.1, -0.05) is 35.5 Å². The van der Waals surface area contributed by atoms with E-state index in [1.165, 1.54) is 0 Å². The molecule has 4 rings (SSSR count). The fourth-order valence-electron chi connectivity index (χ4n) is 3.24. The third kappa shape index (κ3) is 4.38. The van der Waals surface area contributed by atoms with Crippen molar-refractivity contribution in [3.8, 4) is 11.3 Å². The molecule has 0 radical (unpaired) electrons. The summed E-state index contributed by atoms with van der Waals surface area (Å²) in [6.45, 7) is 5.87. The van der Waals surface area contributed by atoms with Crippen LogP contribution in [0.5, 0.6) is 0 Å². The number of nitrogens with zero attached hydrogens (tertiary/aromatic N) is 3. The van der Waals surface area contributed by atoms with Crippen LogP contribution < -0.4 is 4.72 Å². The molecule has 2 atom stereocenters. The van der Waals surface area contributed by atoms with Gasteiger partial charge in [0.05, 0.1) is 11.4 Å². The predicted octanol–water partition coefficient (Wildman–Crippen LogP) is 4.62. The van der Waals surface area contributed by atoms with Gasteiger partial charge in [0.1, 0.15) is 10.4 Å². The highest BCUT2D eigenvalue weighted by molar-refractivity contribution is 7.90. The molecule has 0 fully saturated rings. The molecule has 1 aromatic carbocycles. The number of rotatable bonds is 6. The Hall–Kier alpha value is -2.74. The number of hydrogen-bond acceptors (Lipinski definition) is 6. The van der Waals surface area contributed by atoms with E-state index in [0.717, 1.165) is 27.9 Å². The van der Waals surface area contributed by atoms with Gasteiger partial charge >= 0.3 is 0 Å². The summed E-state index contributed by atoms with van der Waals surface area (Å²) in [5.41, 5.74) is 4.05. The SMILES string of the molecule is CC(C)(C)[S@+]([O-])N[C@@H](Cc1ccccn1)c1ccccc1-c1noc2ncccc12. The van der Waals surface area contributed by atoms with Crippen LogP contribution in [-0.2, 0) is 17.8 Å². The van der Waals surface area contributed by atoms with Gasteiger partial charge in [-0.15, -0.1) is 4.72 Å². The first-order valence-corrected chi connectivity index (χ1v) is 11.0. The first-order chi connectivity index (χ1) is 14.4. The molecule has 1 N–H and O–H groups in total. The van der Waals surface area contributed by atoms with Gasteiger partial charge in [-0.05, 0) is 50.6 Å². The first kappa shape index (κ1) is 20.5. The summed E-state index contributed by atoms with van der Waals surface area (Å²) in [4.78, 5) is 8.72. The molecule has 0 amide bonds. The van der Waals surface area contributed by atoms with Gasteiger partial charge in [-0.3, -0.25) is 4.98 Å². The average Bonchev–Trinajstić information content (AvgIpc) is 3.17. The Morgan fingerprint density at radius 2 is 1.77 bits per heavy atom. The Balaban J connectivity index is 1.79. The number of nitrogens with one attached hydrogen (secondary N) is 1. The van der Waals surface area contributed by atoms with E-state index < -0.39 is 16.1 Å². The van der Waals surface area contributed by atoms with Crippen molar-refractivity contribution in [2.75, 3.05) is 0 Å². The topological polar surface area (TPSA) is 86.9 Å². The lowest BCUT2D eigenvalue weighted by molar-refractivity contribution is 0.451. The summed E-state index contributed by atoms with van der Waals surface area (Å²) in [7, 11) is 0. The smallest absolute Gasteiger partial charge is 0.258 e.